The van der Waals surface area contributed by atoms with Crippen LogP contribution in [0, 0.1) is 6.92 Å². The zero-order valence-corrected chi connectivity index (χ0v) is 14.4. The highest BCUT2D eigenvalue weighted by Gasteiger charge is 2.25. The van der Waals surface area contributed by atoms with Crippen molar-refractivity contribution in [3.63, 3.8) is 0 Å². The highest BCUT2D eigenvalue weighted by atomic mass is 35.5. The molecule has 1 aromatic heterocycles. The molecule has 0 saturated heterocycles. The maximum absolute atomic E-state index is 12.9. The highest BCUT2D eigenvalue weighted by Crippen LogP contribution is 2.34. The Labute approximate surface area is 150 Å². The van der Waals surface area contributed by atoms with Crippen molar-refractivity contribution < 1.29 is 9.53 Å². The molecule has 4 rings (SSSR count). The molecule has 2 aromatic carbocycles. The van der Waals surface area contributed by atoms with Gasteiger partial charge in [0.1, 0.15) is 12.4 Å². The Morgan fingerprint density at radius 1 is 1.20 bits per heavy atom. The summed E-state index contributed by atoms with van der Waals surface area (Å²) < 4.78 is 7.39. The van der Waals surface area contributed by atoms with Crippen molar-refractivity contribution in [2.24, 2.45) is 0 Å². The minimum Gasteiger partial charge on any atom is -0.490 e. The number of nitrogens with zero attached hydrogens (tertiary/aromatic N) is 3. The highest BCUT2D eigenvalue weighted by molar-refractivity contribution is 6.31. The number of amides is 1. The number of carbonyl (C=O) groups is 1. The molecule has 0 aliphatic carbocycles. The number of hydrogen-bond acceptors (Lipinski definition) is 3. The molecule has 0 saturated carbocycles. The minimum atomic E-state index is -0.0741. The minimum absolute atomic E-state index is 0.0741. The summed E-state index contributed by atoms with van der Waals surface area (Å²) in [6.45, 7) is 2.94. The average Bonchev–Trinajstić information content (AvgIpc) is 3.07. The van der Waals surface area contributed by atoms with Gasteiger partial charge in [0.25, 0.3) is 5.91 Å². The van der Waals surface area contributed by atoms with Crippen molar-refractivity contribution in [3.05, 3.63) is 71.0 Å². The normalized spacial score (nSPS) is 13.3. The van der Waals surface area contributed by atoms with Crippen LogP contribution in [-0.2, 0) is 0 Å². The first-order valence-corrected chi connectivity index (χ1v) is 8.35. The van der Waals surface area contributed by atoms with Crippen molar-refractivity contribution in [3.8, 4) is 11.4 Å². The summed E-state index contributed by atoms with van der Waals surface area (Å²) in [5.41, 5.74) is 3.31. The topological polar surface area (TPSA) is 47.4 Å². The number of benzene rings is 2. The summed E-state index contributed by atoms with van der Waals surface area (Å²) in [5, 5.41) is 4.86. The van der Waals surface area contributed by atoms with E-state index < -0.39 is 0 Å². The number of fused-ring (bicyclic) bond motifs is 1. The van der Waals surface area contributed by atoms with Crippen molar-refractivity contribution in [1.82, 2.24) is 9.78 Å². The molecule has 1 amide bonds. The molecule has 0 spiro atoms. The van der Waals surface area contributed by atoms with E-state index in [0.717, 1.165) is 11.3 Å². The fourth-order valence-electron chi connectivity index (χ4n) is 2.87. The molecule has 0 N–H and O–H groups in total. The van der Waals surface area contributed by atoms with E-state index in [-0.39, 0.29) is 5.91 Å². The van der Waals surface area contributed by atoms with E-state index in [1.165, 1.54) is 0 Å². The van der Waals surface area contributed by atoms with E-state index >= 15 is 0 Å². The van der Waals surface area contributed by atoms with Crippen LogP contribution in [0.15, 0.2) is 54.9 Å². The number of rotatable bonds is 2. The largest absolute Gasteiger partial charge is 0.490 e. The second-order valence-electron chi connectivity index (χ2n) is 5.93. The number of aromatic nitrogens is 2. The summed E-state index contributed by atoms with van der Waals surface area (Å²) in [7, 11) is 0. The van der Waals surface area contributed by atoms with Crippen LogP contribution in [0.3, 0.4) is 0 Å². The molecule has 1 aliphatic heterocycles. The van der Waals surface area contributed by atoms with E-state index in [2.05, 4.69) is 5.10 Å². The van der Waals surface area contributed by atoms with Crippen LogP contribution in [0.2, 0.25) is 5.02 Å². The van der Waals surface area contributed by atoms with Gasteiger partial charge < -0.3 is 9.64 Å². The summed E-state index contributed by atoms with van der Waals surface area (Å²) in [6, 6.07) is 12.7. The molecular formula is C19H16ClN3O2. The molecule has 6 heteroatoms. The van der Waals surface area contributed by atoms with Crippen LogP contribution < -0.4 is 9.64 Å². The maximum Gasteiger partial charge on any atom is 0.258 e. The summed E-state index contributed by atoms with van der Waals surface area (Å²) in [6.07, 6.45) is 3.74. The fraction of sp³-hybridized carbons (Fsp3) is 0.158. The lowest BCUT2D eigenvalue weighted by atomic mass is 10.1. The summed E-state index contributed by atoms with van der Waals surface area (Å²) in [5.74, 6) is 0.600. The first-order chi connectivity index (χ1) is 12.1. The van der Waals surface area contributed by atoms with Crippen molar-refractivity contribution in [2.45, 2.75) is 6.92 Å². The molecule has 2 heterocycles. The smallest absolute Gasteiger partial charge is 0.258 e. The number of ether oxygens (including phenoxy) is 1. The van der Waals surface area contributed by atoms with Gasteiger partial charge in [-0.25, -0.2) is 4.68 Å². The third-order valence-electron chi connectivity index (χ3n) is 4.12. The van der Waals surface area contributed by atoms with Crippen molar-refractivity contribution >= 4 is 23.2 Å². The monoisotopic (exact) mass is 353 g/mol. The van der Waals surface area contributed by atoms with Gasteiger partial charge in [-0.3, -0.25) is 4.79 Å². The van der Waals surface area contributed by atoms with E-state index in [1.807, 2.05) is 37.4 Å². The number of halogens is 1. The SMILES string of the molecule is Cc1cnn(-c2ccc(C(=O)N3CCOc4ccc(Cl)cc43)cc2)c1. The van der Waals surface area contributed by atoms with Gasteiger partial charge >= 0.3 is 0 Å². The van der Waals surface area contributed by atoms with Gasteiger partial charge in [0.2, 0.25) is 0 Å². The lowest BCUT2D eigenvalue weighted by Crippen LogP contribution is -2.37. The molecule has 25 heavy (non-hydrogen) atoms. The third kappa shape index (κ3) is 2.98. The Morgan fingerprint density at radius 2 is 2.00 bits per heavy atom. The molecule has 0 atom stereocenters. The molecule has 126 valence electrons. The Kier molecular flexibility index (Phi) is 3.93. The Morgan fingerprint density at radius 3 is 2.72 bits per heavy atom. The predicted molar refractivity (Wildman–Crippen MR) is 96.9 cm³/mol. The quantitative estimate of drug-likeness (QED) is 0.702. The zero-order valence-electron chi connectivity index (χ0n) is 13.6. The Hall–Kier alpha value is -2.79. The average molecular weight is 354 g/mol. The van der Waals surface area contributed by atoms with Crippen molar-refractivity contribution in [1.29, 1.82) is 0 Å². The van der Waals surface area contributed by atoms with Gasteiger partial charge in [0, 0.05) is 16.8 Å². The zero-order chi connectivity index (χ0) is 17.4. The summed E-state index contributed by atoms with van der Waals surface area (Å²) >= 11 is 6.08. The molecular weight excluding hydrogens is 338 g/mol. The standard InChI is InChI=1S/C19H16ClN3O2/c1-13-11-21-23(12-13)16-5-2-14(3-6-16)19(24)22-8-9-25-18-7-4-15(20)10-17(18)22/h2-7,10-12H,8-9H2,1H3. The molecule has 0 radical (unpaired) electrons. The first kappa shape index (κ1) is 15.7. The van der Waals surface area contributed by atoms with Gasteiger partial charge in [0.15, 0.2) is 0 Å². The Balaban J connectivity index is 1.63. The number of anilines is 1. The third-order valence-corrected chi connectivity index (χ3v) is 4.35. The van der Waals surface area contributed by atoms with Gasteiger partial charge in [-0.05, 0) is 55.0 Å². The van der Waals surface area contributed by atoms with Crippen molar-refractivity contribution in [2.75, 3.05) is 18.1 Å². The van der Waals surface area contributed by atoms with E-state index in [0.29, 0.717) is 35.2 Å². The Bertz CT molecular complexity index is 934. The molecule has 0 bridgehead atoms. The van der Waals surface area contributed by atoms with Crippen LogP contribution >= 0.6 is 11.6 Å². The molecule has 5 nitrogen and oxygen atoms in total. The van der Waals surface area contributed by atoms with Crippen LogP contribution in [0.5, 0.6) is 5.75 Å². The molecule has 0 fully saturated rings. The van der Waals surface area contributed by atoms with Gasteiger partial charge in [-0.1, -0.05) is 11.6 Å². The number of carbonyl (C=O) groups excluding carboxylic acids is 1. The summed E-state index contributed by atoms with van der Waals surface area (Å²) in [4.78, 5) is 14.6. The van der Waals surface area contributed by atoms with Crippen LogP contribution in [0.4, 0.5) is 5.69 Å². The van der Waals surface area contributed by atoms with Gasteiger partial charge in [-0.15, -0.1) is 0 Å². The molecule has 1 aliphatic rings. The molecule has 0 unspecified atom stereocenters. The van der Waals surface area contributed by atoms with E-state index in [4.69, 9.17) is 16.3 Å². The van der Waals surface area contributed by atoms with E-state index in [9.17, 15) is 4.79 Å². The fourth-order valence-corrected chi connectivity index (χ4v) is 3.03. The van der Waals surface area contributed by atoms with Gasteiger partial charge in [-0.2, -0.15) is 5.10 Å². The molecule has 3 aromatic rings. The lowest BCUT2D eigenvalue weighted by molar-refractivity contribution is 0.0976. The number of aryl methyl sites for hydroxylation is 1. The number of hydrogen-bond donors (Lipinski definition) is 0. The van der Waals surface area contributed by atoms with Gasteiger partial charge in [0.05, 0.1) is 24.1 Å². The predicted octanol–water partition coefficient (Wildman–Crippen LogP) is 3.87. The second-order valence-corrected chi connectivity index (χ2v) is 6.36. The van der Waals surface area contributed by atoms with Crippen LogP contribution in [0.25, 0.3) is 5.69 Å². The first-order valence-electron chi connectivity index (χ1n) is 7.98. The van der Waals surface area contributed by atoms with Crippen LogP contribution in [-0.4, -0.2) is 28.8 Å². The second kappa shape index (κ2) is 6.26. The lowest BCUT2D eigenvalue weighted by Gasteiger charge is -2.29. The van der Waals surface area contributed by atoms with E-state index in [1.54, 1.807) is 34.0 Å². The maximum atomic E-state index is 12.9. The van der Waals surface area contributed by atoms with Crippen LogP contribution in [0.1, 0.15) is 15.9 Å².